The lowest BCUT2D eigenvalue weighted by Gasteiger charge is -2.41. The molecule has 134 valence electrons. The van der Waals surface area contributed by atoms with E-state index in [-0.39, 0.29) is 18.5 Å². The van der Waals surface area contributed by atoms with Crippen LogP contribution in [0.5, 0.6) is 5.75 Å². The van der Waals surface area contributed by atoms with Crippen molar-refractivity contribution in [2.75, 3.05) is 26.2 Å². The summed E-state index contributed by atoms with van der Waals surface area (Å²) in [6.07, 6.45) is 0.707. The van der Waals surface area contributed by atoms with Gasteiger partial charge in [-0.05, 0) is 30.2 Å². The molecule has 0 aromatic heterocycles. The largest absolute Gasteiger partial charge is 0.508 e. The van der Waals surface area contributed by atoms with Gasteiger partial charge < -0.3 is 10.2 Å². The fraction of sp³-hybridized carbons (Fsp3) is 0.400. The summed E-state index contributed by atoms with van der Waals surface area (Å²) in [5.41, 5.74) is 2.01. The number of phenols is 1. The van der Waals surface area contributed by atoms with E-state index in [0.717, 1.165) is 37.3 Å². The second-order valence-corrected chi connectivity index (χ2v) is 6.63. The fourth-order valence-corrected chi connectivity index (χ4v) is 3.44. The molecule has 25 heavy (non-hydrogen) atoms. The van der Waals surface area contributed by atoms with E-state index in [1.807, 2.05) is 30.3 Å². The van der Waals surface area contributed by atoms with E-state index in [9.17, 15) is 14.6 Å². The van der Waals surface area contributed by atoms with Gasteiger partial charge >= 0.3 is 0 Å². The Labute approximate surface area is 148 Å². The summed E-state index contributed by atoms with van der Waals surface area (Å²) in [5.74, 6) is 0.109. The van der Waals surface area contributed by atoms with Gasteiger partial charge in [0.1, 0.15) is 11.6 Å². The Kier molecular flexibility index (Phi) is 6.02. The smallest absolute Gasteiger partial charge is 0.123 e. The number of para-hydroxylation sites is 1. The average Bonchev–Trinajstić information content (AvgIpc) is 2.61. The summed E-state index contributed by atoms with van der Waals surface area (Å²) in [4.78, 5) is 4.67. The van der Waals surface area contributed by atoms with Crippen LogP contribution < -0.4 is 0 Å². The van der Waals surface area contributed by atoms with Gasteiger partial charge in [0.2, 0.25) is 0 Å². The molecule has 0 saturated carbocycles. The first kappa shape index (κ1) is 17.9. The predicted octanol–water partition coefficient (Wildman–Crippen LogP) is 2.60. The monoisotopic (exact) mass is 344 g/mol. The lowest BCUT2D eigenvalue weighted by atomic mass is 10.1. The summed E-state index contributed by atoms with van der Waals surface area (Å²) in [6.45, 7) is 4.24. The third-order valence-electron chi connectivity index (χ3n) is 4.84. The van der Waals surface area contributed by atoms with Crippen LogP contribution in [0.15, 0.2) is 48.5 Å². The number of benzene rings is 2. The highest BCUT2D eigenvalue weighted by molar-refractivity contribution is 5.31. The van der Waals surface area contributed by atoms with E-state index < -0.39 is 0 Å². The molecule has 1 saturated heterocycles. The zero-order valence-corrected chi connectivity index (χ0v) is 14.3. The second-order valence-electron chi connectivity index (χ2n) is 6.63. The topological polar surface area (TPSA) is 46.9 Å². The van der Waals surface area contributed by atoms with Gasteiger partial charge in [-0.2, -0.15) is 0 Å². The molecule has 1 heterocycles. The van der Waals surface area contributed by atoms with Crippen LogP contribution in [-0.4, -0.2) is 52.3 Å². The summed E-state index contributed by atoms with van der Waals surface area (Å²) < 4.78 is 13.1. The number of rotatable bonds is 6. The Morgan fingerprint density at radius 1 is 1.00 bits per heavy atom. The molecule has 0 bridgehead atoms. The third kappa shape index (κ3) is 4.78. The maximum absolute atomic E-state index is 13.1. The van der Waals surface area contributed by atoms with Crippen LogP contribution >= 0.6 is 0 Å². The minimum Gasteiger partial charge on any atom is -0.508 e. The molecule has 1 aliphatic rings. The van der Waals surface area contributed by atoms with E-state index in [1.165, 1.54) is 12.1 Å². The van der Waals surface area contributed by atoms with E-state index >= 15 is 0 Å². The lowest BCUT2D eigenvalue weighted by Crippen LogP contribution is -2.52. The Morgan fingerprint density at radius 3 is 2.48 bits per heavy atom. The first-order valence-electron chi connectivity index (χ1n) is 8.74. The normalized spacial score (nSPS) is 19.2. The van der Waals surface area contributed by atoms with Gasteiger partial charge in [0.05, 0.1) is 0 Å². The quantitative estimate of drug-likeness (QED) is 0.846. The van der Waals surface area contributed by atoms with E-state index in [2.05, 4.69) is 9.80 Å². The Balaban J connectivity index is 1.63. The molecule has 0 radical (unpaired) electrons. The Bertz CT molecular complexity index is 678. The minimum atomic E-state index is -0.219. The number of halogens is 1. The highest BCUT2D eigenvalue weighted by Gasteiger charge is 2.27. The van der Waals surface area contributed by atoms with Crippen molar-refractivity contribution in [3.05, 3.63) is 65.5 Å². The minimum absolute atomic E-state index is 0.148. The van der Waals surface area contributed by atoms with Crippen molar-refractivity contribution >= 4 is 0 Å². The summed E-state index contributed by atoms with van der Waals surface area (Å²) >= 11 is 0. The maximum atomic E-state index is 13.1. The van der Waals surface area contributed by atoms with Crippen LogP contribution in [0.2, 0.25) is 0 Å². The molecule has 3 rings (SSSR count). The first-order valence-corrected chi connectivity index (χ1v) is 8.74. The van der Waals surface area contributed by atoms with Gasteiger partial charge in [-0.3, -0.25) is 9.80 Å². The molecule has 2 aromatic rings. The zero-order valence-electron chi connectivity index (χ0n) is 14.3. The van der Waals surface area contributed by atoms with Gasteiger partial charge in [0.25, 0.3) is 0 Å². The highest BCUT2D eigenvalue weighted by atomic mass is 19.1. The number of nitrogens with zero attached hydrogens (tertiary/aromatic N) is 2. The summed E-state index contributed by atoms with van der Waals surface area (Å²) in [5, 5.41) is 19.4. The lowest BCUT2D eigenvalue weighted by molar-refractivity contribution is 0.0496. The van der Waals surface area contributed by atoms with Crippen molar-refractivity contribution in [2.24, 2.45) is 0 Å². The molecule has 1 atom stereocenters. The molecule has 1 aliphatic heterocycles. The van der Waals surface area contributed by atoms with Crippen LogP contribution in [0, 0.1) is 5.82 Å². The first-order chi connectivity index (χ1) is 12.2. The average molecular weight is 344 g/mol. The number of aliphatic hydroxyl groups is 1. The van der Waals surface area contributed by atoms with Crippen LogP contribution in [0.25, 0.3) is 0 Å². The number of piperazine rings is 1. The van der Waals surface area contributed by atoms with Crippen LogP contribution in [0.4, 0.5) is 4.39 Å². The van der Waals surface area contributed by atoms with Crippen molar-refractivity contribution in [3.8, 4) is 5.75 Å². The van der Waals surface area contributed by atoms with Crippen LogP contribution in [0.3, 0.4) is 0 Å². The van der Waals surface area contributed by atoms with E-state index in [0.29, 0.717) is 18.7 Å². The standard InChI is InChI=1S/C20H25FN2O2/c21-18-7-5-16(6-8-18)13-23-11-10-22(15-19(23)9-12-24)14-17-3-1-2-4-20(17)25/h1-8,19,24-25H,9-15H2. The van der Waals surface area contributed by atoms with Crippen molar-refractivity contribution in [1.29, 1.82) is 0 Å². The fourth-order valence-electron chi connectivity index (χ4n) is 3.44. The molecule has 5 heteroatoms. The number of aliphatic hydroxyl groups excluding tert-OH is 1. The van der Waals surface area contributed by atoms with Gasteiger partial charge in [-0.1, -0.05) is 30.3 Å². The Hall–Kier alpha value is -1.95. The molecule has 2 aromatic carbocycles. The van der Waals surface area contributed by atoms with Crippen LogP contribution in [-0.2, 0) is 13.1 Å². The molecule has 0 amide bonds. The Morgan fingerprint density at radius 2 is 1.76 bits per heavy atom. The van der Waals surface area contributed by atoms with Crippen molar-refractivity contribution in [2.45, 2.75) is 25.6 Å². The molecular formula is C20H25FN2O2. The number of hydrogen-bond acceptors (Lipinski definition) is 4. The maximum Gasteiger partial charge on any atom is 0.123 e. The van der Waals surface area contributed by atoms with Crippen molar-refractivity contribution in [1.82, 2.24) is 9.80 Å². The zero-order chi connectivity index (χ0) is 17.6. The van der Waals surface area contributed by atoms with Crippen LogP contribution in [0.1, 0.15) is 17.5 Å². The van der Waals surface area contributed by atoms with E-state index in [4.69, 9.17) is 0 Å². The molecule has 1 fully saturated rings. The molecular weight excluding hydrogens is 319 g/mol. The summed E-state index contributed by atoms with van der Waals surface area (Å²) in [6, 6.07) is 14.3. The van der Waals surface area contributed by atoms with Crippen molar-refractivity contribution < 1.29 is 14.6 Å². The SMILES string of the molecule is OCCC1CN(Cc2ccccc2O)CCN1Cc1ccc(F)cc1. The second kappa shape index (κ2) is 8.43. The molecule has 2 N–H and O–H groups in total. The van der Waals surface area contributed by atoms with E-state index in [1.54, 1.807) is 6.07 Å². The van der Waals surface area contributed by atoms with Gasteiger partial charge in [0.15, 0.2) is 0 Å². The summed E-state index contributed by atoms with van der Waals surface area (Å²) in [7, 11) is 0. The predicted molar refractivity (Wildman–Crippen MR) is 95.7 cm³/mol. The van der Waals surface area contributed by atoms with Crippen molar-refractivity contribution in [3.63, 3.8) is 0 Å². The van der Waals surface area contributed by atoms with Gasteiger partial charge in [0, 0.05) is 50.9 Å². The number of aromatic hydroxyl groups is 1. The third-order valence-corrected chi connectivity index (χ3v) is 4.84. The number of phenolic OH excluding ortho intramolecular Hbond substituents is 1. The molecule has 0 spiro atoms. The molecule has 1 unspecified atom stereocenters. The van der Waals surface area contributed by atoms with Gasteiger partial charge in [-0.25, -0.2) is 4.39 Å². The molecule has 4 nitrogen and oxygen atoms in total. The molecule has 0 aliphatic carbocycles. The highest BCUT2D eigenvalue weighted by Crippen LogP contribution is 2.22. The van der Waals surface area contributed by atoms with Gasteiger partial charge in [-0.15, -0.1) is 0 Å². The number of hydrogen-bond donors (Lipinski definition) is 2.